The van der Waals surface area contributed by atoms with E-state index in [9.17, 15) is 0 Å². The van der Waals surface area contributed by atoms with E-state index in [0.29, 0.717) is 12.4 Å². The third-order valence-electron chi connectivity index (χ3n) is 2.00. The van der Waals surface area contributed by atoms with Crippen LogP contribution in [-0.4, -0.2) is 15.0 Å². The zero-order valence-electron chi connectivity index (χ0n) is 8.27. The normalized spacial score (nSPS) is 10.3. The summed E-state index contributed by atoms with van der Waals surface area (Å²) in [5.74, 6) is 1.02. The maximum Gasteiger partial charge on any atom is 0.224 e. The minimum absolute atomic E-state index is 0.267. The molecule has 0 aliphatic rings. The van der Waals surface area contributed by atoms with Crippen molar-refractivity contribution in [2.45, 2.75) is 6.42 Å². The number of hydrogen-bond acceptors (Lipinski definition) is 4. The Morgan fingerprint density at radius 1 is 1.25 bits per heavy atom. The molecule has 16 heavy (non-hydrogen) atoms. The number of nitrogen functional groups attached to an aromatic ring is 1. The summed E-state index contributed by atoms with van der Waals surface area (Å²) in [5, 5.41) is 0. The Kier molecular flexibility index (Phi) is 3.31. The van der Waals surface area contributed by atoms with Gasteiger partial charge >= 0.3 is 0 Å². The highest BCUT2D eigenvalue weighted by atomic mass is 79.9. The number of halogens is 1. The van der Waals surface area contributed by atoms with Crippen molar-refractivity contribution in [1.29, 1.82) is 0 Å². The van der Waals surface area contributed by atoms with Crippen molar-refractivity contribution < 1.29 is 0 Å². The molecule has 0 unspecified atom stereocenters. The van der Waals surface area contributed by atoms with Gasteiger partial charge in [0, 0.05) is 10.9 Å². The number of nitrogens with zero attached hydrogens (tertiary/aromatic N) is 2. The van der Waals surface area contributed by atoms with Gasteiger partial charge in [0.2, 0.25) is 10.7 Å². The van der Waals surface area contributed by atoms with Crippen molar-refractivity contribution in [1.82, 2.24) is 15.0 Å². The topological polar surface area (TPSA) is 67.6 Å². The molecule has 4 nitrogen and oxygen atoms in total. The van der Waals surface area contributed by atoms with Crippen LogP contribution in [0.4, 0.5) is 5.95 Å². The van der Waals surface area contributed by atoms with Gasteiger partial charge in [0.05, 0.1) is 0 Å². The molecule has 0 atom stereocenters. The molecule has 0 saturated carbocycles. The van der Waals surface area contributed by atoms with Crippen LogP contribution in [0.3, 0.4) is 0 Å². The summed E-state index contributed by atoms with van der Waals surface area (Å²) in [6, 6.07) is 7.99. The number of nitrogens with two attached hydrogens (primary N) is 1. The Morgan fingerprint density at radius 2 is 1.94 bits per heavy atom. The van der Waals surface area contributed by atoms with Crippen molar-refractivity contribution in [2.75, 3.05) is 5.73 Å². The summed E-state index contributed by atoms with van der Waals surface area (Å²) in [6.45, 7) is 0. The first-order valence-electron chi connectivity index (χ1n) is 4.60. The molecular weight excluding hydrogens is 288 g/mol. The van der Waals surface area contributed by atoms with Crippen LogP contribution in [0.25, 0.3) is 0 Å². The lowest BCUT2D eigenvalue weighted by Crippen LogP contribution is -2.03. The first-order chi connectivity index (χ1) is 7.63. The lowest BCUT2D eigenvalue weighted by atomic mass is 10.1. The molecule has 0 bridgehead atoms. The Morgan fingerprint density at radius 3 is 2.56 bits per heavy atom. The Balaban J connectivity index is 2.26. The number of rotatable bonds is 2. The van der Waals surface area contributed by atoms with E-state index in [1.54, 1.807) is 0 Å². The fourth-order valence-corrected chi connectivity index (χ4v) is 1.80. The lowest BCUT2D eigenvalue weighted by molar-refractivity contribution is 0.916. The second-order valence-corrected chi connectivity index (χ2v) is 4.55. The van der Waals surface area contributed by atoms with E-state index >= 15 is 0 Å². The highest BCUT2D eigenvalue weighted by molar-refractivity contribution is 9.10. The molecule has 0 aliphatic carbocycles. The second kappa shape index (κ2) is 4.71. The van der Waals surface area contributed by atoms with Crippen LogP contribution in [0, 0.1) is 4.77 Å². The fraction of sp³-hybridized carbons (Fsp3) is 0.100. The van der Waals surface area contributed by atoms with Gasteiger partial charge in [0.25, 0.3) is 0 Å². The number of nitrogens with one attached hydrogen (secondary N) is 1. The summed E-state index contributed by atoms with van der Waals surface area (Å²) in [5.41, 5.74) is 6.69. The maximum atomic E-state index is 5.56. The second-order valence-electron chi connectivity index (χ2n) is 3.27. The monoisotopic (exact) mass is 296 g/mol. The van der Waals surface area contributed by atoms with Crippen molar-refractivity contribution >= 4 is 34.1 Å². The van der Waals surface area contributed by atoms with Gasteiger partial charge in [-0.3, -0.25) is 0 Å². The Bertz CT molecular complexity index is 549. The molecule has 1 aromatic heterocycles. The van der Waals surface area contributed by atoms with Crippen LogP contribution >= 0.6 is 28.1 Å². The molecule has 2 aromatic rings. The fourth-order valence-electron chi connectivity index (χ4n) is 1.33. The van der Waals surface area contributed by atoms with E-state index in [1.807, 2.05) is 24.3 Å². The molecule has 6 heteroatoms. The summed E-state index contributed by atoms with van der Waals surface area (Å²) in [6.07, 6.45) is 0.656. The van der Waals surface area contributed by atoms with Crippen LogP contribution in [0.1, 0.15) is 11.4 Å². The lowest BCUT2D eigenvalue weighted by Gasteiger charge is -2.02. The minimum atomic E-state index is 0.267. The molecule has 0 spiro atoms. The molecule has 1 heterocycles. The smallest absolute Gasteiger partial charge is 0.224 e. The molecule has 0 radical (unpaired) electrons. The van der Waals surface area contributed by atoms with E-state index < -0.39 is 0 Å². The molecule has 0 fully saturated rings. The van der Waals surface area contributed by atoms with Gasteiger partial charge in [-0.05, 0) is 29.9 Å². The SMILES string of the molecule is Nc1nc(=S)nc(Cc2ccc(Br)cc2)[nH]1. The van der Waals surface area contributed by atoms with Gasteiger partial charge in [-0.1, -0.05) is 28.1 Å². The zero-order chi connectivity index (χ0) is 11.5. The van der Waals surface area contributed by atoms with Crippen molar-refractivity contribution in [3.8, 4) is 0 Å². The van der Waals surface area contributed by atoms with Gasteiger partial charge in [-0.15, -0.1) is 0 Å². The first kappa shape index (κ1) is 11.2. The van der Waals surface area contributed by atoms with E-state index in [1.165, 1.54) is 0 Å². The van der Waals surface area contributed by atoms with Crippen molar-refractivity contribution in [2.24, 2.45) is 0 Å². The summed E-state index contributed by atoms with van der Waals surface area (Å²) in [7, 11) is 0. The van der Waals surface area contributed by atoms with Crippen molar-refractivity contribution in [3.63, 3.8) is 0 Å². The zero-order valence-corrected chi connectivity index (χ0v) is 10.7. The van der Waals surface area contributed by atoms with E-state index in [2.05, 4.69) is 30.9 Å². The highest BCUT2D eigenvalue weighted by Gasteiger charge is 2.00. The van der Waals surface area contributed by atoms with Crippen LogP contribution in [0.5, 0.6) is 0 Å². The molecule has 2 rings (SSSR count). The predicted molar refractivity (Wildman–Crippen MR) is 68.6 cm³/mol. The average molecular weight is 297 g/mol. The maximum absolute atomic E-state index is 5.56. The molecule has 1 aromatic carbocycles. The highest BCUT2D eigenvalue weighted by Crippen LogP contribution is 2.12. The third-order valence-corrected chi connectivity index (χ3v) is 2.72. The standard InChI is InChI=1S/C10H9BrN4S/c11-7-3-1-6(2-4-7)5-8-13-9(12)15-10(16)14-8/h1-4H,5H2,(H3,12,13,14,15,16). The first-order valence-corrected chi connectivity index (χ1v) is 5.81. The molecule has 0 aliphatic heterocycles. The van der Waals surface area contributed by atoms with Crippen molar-refractivity contribution in [3.05, 3.63) is 44.9 Å². The van der Waals surface area contributed by atoms with E-state index in [4.69, 9.17) is 18.0 Å². The Hall–Kier alpha value is -1.27. The number of anilines is 1. The minimum Gasteiger partial charge on any atom is -0.369 e. The quantitative estimate of drug-likeness (QED) is 0.836. The number of H-pyrrole nitrogens is 1. The van der Waals surface area contributed by atoms with Gasteiger partial charge in [-0.25, -0.2) is 4.98 Å². The average Bonchev–Trinajstić information content (AvgIpc) is 2.20. The summed E-state index contributed by atoms with van der Waals surface area (Å²) >= 11 is 8.28. The van der Waals surface area contributed by atoms with Gasteiger partial charge in [-0.2, -0.15) is 4.98 Å². The van der Waals surface area contributed by atoms with E-state index in [0.717, 1.165) is 15.9 Å². The third kappa shape index (κ3) is 2.86. The van der Waals surface area contributed by atoms with Gasteiger partial charge in [0.1, 0.15) is 5.82 Å². The van der Waals surface area contributed by atoms with Gasteiger partial charge in [0.15, 0.2) is 0 Å². The summed E-state index contributed by atoms with van der Waals surface area (Å²) < 4.78 is 1.31. The van der Waals surface area contributed by atoms with Crippen LogP contribution < -0.4 is 5.73 Å². The molecule has 3 N–H and O–H groups in total. The van der Waals surface area contributed by atoms with E-state index in [-0.39, 0.29) is 4.77 Å². The van der Waals surface area contributed by atoms with Crippen LogP contribution in [0.15, 0.2) is 28.7 Å². The Labute approximate surface area is 106 Å². The summed E-state index contributed by atoms with van der Waals surface area (Å²) in [4.78, 5) is 10.8. The molecule has 82 valence electrons. The molecular formula is C10H9BrN4S. The van der Waals surface area contributed by atoms with Gasteiger partial charge < -0.3 is 10.7 Å². The number of aromatic amines is 1. The van der Waals surface area contributed by atoms with Crippen LogP contribution in [0.2, 0.25) is 0 Å². The largest absolute Gasteiger partial charge is 0.369 e. The van der Waals surface area contributed by atoms with Crippen LogP contribution in [-0.2, 0) is 6.42 Å². The number of benzene rings is 1. The molecule has 0 amide bonds. The number of hydrogen-bond donors (Lipinski definition) is 2. The predicted octanol–water partition coefficient (Wildman–Crippen LogP) is 2.47. The number of aromatic nitrogens is 3. The molecule has 0 saturated heterocycles.